The summed E-state index contributed by atoms with van der Waals surface area (Å²) < 4.78 is 68.0. The van der Waals surface area contributed by atoms with Crippen LogP contribution in [0.15, 0.2) is 0 Å². The second kappa shape index (κ2) is 56.3. The number of carbonyl (C=O) groups is 4. The van der Waals surface area contributed by atoms with Crippen LogP contribution in [0.1, 0.15) is 318 Å². The molecule has 0 amide bonds. The van der Waals surface area contributed by atoms with Crippen LogP contribution in [0.3, 0.4) is 0 Å². The zero-order chi connectivity index (χ0) is 62.4. The number of rotatable bonds is 63. The van der Waals surface area contributed by atoms with Crippen LogP contribution >= 0.6 is 15.6 Å². The molecule has 0 aliphatic heterocycles. The van der Waals surface area contributed by atoms with Gasteiger partial charge >= 0.3 is 39.5 Å². The number of aliphatic hydroxyl groups is 1. The van der Waals surface area contributed by atoms with E-state index in [9.17, 15) is 43.2 Å². The Balaban J connectivity index is 5.27. The lowest BCUT2D eigenvalue weighted by Crippen LogP contribution is -2.30. The van der Waals surface area contributed by atoms with Gasteiger partial charge in [0.25, 0.3) is 0 Å². The van der Waals surface area contributed by atoms with Crippen LogP contribution in [-0.2, 0) is 65.4 Å². The molecule has 0 saturated heterocycles. The number of hydrogen-bond acceptors (Lipinski definition) is 15. The number of carbonyl (C=O) groups excluding carboxylic acids is 4. The summed E-state index contributed by atoms with van der Waals surface area (Å²) in [5.41, 5.74) is 0. The van der Waals surface area contributed by atoms with Gasteiger partial charge in [0, 0.05) is 25.7 Å². The van der Waals surface area contributed by atoms with E-state index in [4.69, 9.17) is 37.0 Å². The standard InChI is InChI=1S/C65H126O17P2/c1-8-11-12-13-14-15-16-17-25-34-41-48-64(69)81-61(53-76-63(68)47-40-33-28-27-31-38-45-58(7)10-3)55-80-84(73,74)78-51-59(66)50-77-83(71,72)79-54-60(52-75-62(67)46-39-32-24-20-18-22-29-36-43-56(4)5)82-65(70)49-42-35-26-21-19-23-30-37-44-57(6)9-2/h56-61,66H,8-55H2,1-7H3,(H,71,72)(H,73,74)/t57?,58?,59-,60-,61-/m1/s1. The molecule has 0 rings (SSSR count). The summed E-state index contributed by atoms with van der Waals surface area (Å²) in [7, 11) is -9.89. The largest absolute Gasteiger partial charge is 0.472 e. The Morgan fingerprint density at radius 1 is 0.345 bits per heavy atom. The van der Waals surface area contributed by atoms with Gasteiger partial charge in [-0.15, -0.1) is 0 Å². The Morgan fingerprint density at radius 3 is 0.905 bits per heavy atom. The lowest BCUT2D eigenvalue weighted by Gasteiger charge is -2.21. The maximum Gasteiger partial charge on any atom is 0.472 e. The molecule has 0 bridgehead atoms. The van der Waals surface area contributed by atoms with E-state index in [0.29, 0.717) is 25.7 Å². The van der Waals surface area contributed by atoms with E-state index in [0.717, 1.165) is 114 Å². The minimum atomic E-state index is -4.95. The van der Waals surface area contributed by atoms with Gasteiger partial charge in [0.1, 0.15) is 19.3 Å². The minimum absolute atomic E-state index is 0.104. The Morgan fingerprint density at radius 2 is 0.607 bits per heavy atom. The summed E-state index contributed by atoms with van der Waals surface area (Å²) in [6, 6.07) is 0. The third-order valence-electron chi connectivity index (χ3n) is 15.6. The second-order valence-electron chi connectivity index (χ2n) is 24.5. The number of esters is 4. The summed E-state index contributed by atoms with van der Waals surface area (Å²) in [6.45, 7) is 11.7. The van der Waals surface area contributed by atoms with Crippen LogP contribution in [-0.4, -0.2) is 96.7 Å². The average molecular weight is 1240 g/mol. The van der Waals surface area contributed by atoms with Gasteiger partial charge in [0.05, 0.1) is 26.4 Å². The number of phosphoric ester groups is 2. The highest BCUT2D eigenvalue weighted by molar-refractivity contribution is 7.47. The molecule has 17 nitrogen and oxygen atoms in total. The number of hydrogen-bond donors (Lipinski definition) is 3. The summed E-state index contributed by atoms with van der Waals surface area (Å²) >= 11 is 0. The normalized spacial score (nSPS) is 15.0. The van der Waals surface area contributed by atoms with Gasteiger partial charge in [-0.25, -0.2) is 9.13 Å². The van der Waals surface area contributed by atoms with Crippen LogP contribution in [0.25, 0.3) is 0 Å². The van der Waals surface area contributed by atoms with Crippen molar-refractivity contribution in [2.45, 2.75) is 336 Å². The topological polar surface area (TPSA) is 237 Å². The molecule has 0 radical (unpaired) electrons. The van der Waals surface area contributed by atoms with Gasteiger partial charge in [-0.3, -0.25) is 37.3 Å². The van der Waals surface area contributed by atoms with E-state index in [2.05, 4.69) is 48.5 Å². The molecule has 0 heterocycles. The molecular formula is C65H126O17P2. The summed E-state index contributed by atoms with van der Waals surface area (Å²) in [6.07, 6.45) is 37.5. The molecular weight excluding hydrogens is 1110 g/mol. The molecule has 0 aliphatic carbocycles. The molecule has 0 aromatic carbocycles. The molecule has 0 spiro atoms. The number of unbranched alkanes of at least 4 members (excludes halogenated alkanes) is 29. The molecule has 0 aliphatic rings. The maximum absolute atomic E-state index is 13.0. The van der Waals surface area contributed by atoms with Crippen molar-refractivity contribution in [2.75, 3.05) is 39.6 Å². The van der Waals surface area contributed by atoms with Gasteiger partial charge in [0.15, 0.2) is 12.2 Å². The first-order chi connectivity index (χ1) is 40.3. The maximum atomic E-state index is 13.0. The Hall–Kier alpha value is -1.94. The predicted octanol–water partition coefficient (Wildman–Crippen LogP) is 17.9. The molecule has 0 aromatic heterocycles. The van der Waals surface area contributed by atoms with Crippen molar-refractivity contribution in [1.82, 2.24) is 0 Å². The fourth-order valence-corrected chi connectivity index (χ4v) is 11.2. The zero-order valence-electron chi connectivity index (χ0n) is 54.4. The molecule has 19 heteroatoms. The van der Waals surface area contributed by atoms with Crippen molar-refractivity contribution >= 4 is 39.5 Å². The van der Waals surface area contributed by atoms with Crippen LogP contribution < -0.4 is 0 Å². The van der Waals surface area contributed by atoms with Crippen LogP contribution in [0.5, 0.6) is 0 Å². The van der Waals surface area contributed by atoms with Crippen molar-refractivity contribution in [2.24, 2.45) is 17.8 Å². The highest BCUT2D eigenvalue weighted by Gasteiger charge is 2.30. The predicted molar refractivity (Wildman–Crippen MR) is 335 cm³/mol. The smallest absolute Gasteiger partial charge is 0.462 e. The van der Waals surface area contributed by atoms with E-state index in [-0.39, 0.29) is 25.7 Å². The summed E-state index contributed by atoms with van der Waals surface area (Å²) in [4.78, 5) is 72.3. The van der Waals surface area contributed by atoms with Crippen molar-refractivity contribution in [3.63, 3.8) is 0 Å². The van der Waals surface area contributed by atoms with E-state index in [1.165, 1.54) is 122 Å². The molecule has 3 N–H and O–H groups in total. The van der Waals surface area contributed by atoms with Gasteiger partial charge in [-0.05, 0) is 43.4 Å². The summed E-state index contributed by atoms with van der Waals surface area (Å²) in [5.74, 6) is 0.0912. The molecule has 0 saturated carbocycles. The lowest BCUT2D eigenvalue weighted by atomic mass is 9.99. The van der Waals surface area contributed by atoms with Gasteiger partial charge < -0.3 is 33.8 Å². The molecule has 4 unspecified atom stereocenters. The van der Waals surface area contributed by atoms with Crippen molar-refractivity contribution in [3.05, 3.63) is 0 Å². The van der Waals surface area contributed by atoms with E-state index >= 15 is 0 Å². The second-order valence-corrected chi connectivity index (χ2v) is 27.4. The Kier molecular flexibility index (Phi) is 55.0. The fourth-order valence-electron chi connectivity index (χ4n) is 9.59. The number of ether oxygens (including phenoxy) is 4. The van der Waals surface area contributed by atoms with Crippen molar-refractivity contribution in [3.8, 4) is 0 Å². The van der Waals surface area contributed by atoms with E-state index < -0.39 is 97.5 Å². The lowest BCUT2D eigenvalue weighted by molar-refractivity contribution is -0.161. The van der Waals surface area contributed by atoms with Gasteiger partial charge in [-0.1, -0.05) is 267 Å². The highest BCUT2D eigenvalue weighted by Crippen LogP contribution is 2.45. The first-order valence-corrected chi connectivity index (χ1v) is 36.9. The van der Waals surface area contributed by atoms with Crippen LogP contribution in [0.4, 0.5) is 0 Å². The molecule has 84 heavy (non-hydrogen) atoms. The average Bonchev–Trinajstić information content (AvgIpc) is 3.52. The molecule has 0 aromatic rings. The first-order valence-electron chi connectivity index (χ1n) is 33.9. The third kappa shape index (κ3) is 56.6. The molecule has 0 fully saturated rings. The Labute approximate surface area is 511 Å². The van der Waals surface area contributed by atoms with Crippen LogP contribution in [0.2, 0.25) is 0 Å². The van der Waals surface area contributed by atoms with Crippen LogP contribution in [0, 0.1) is 17.8 Å². The first kappa shape index (κ1) is 82.1. The van der Waals surface area contributed by atoms with E-state index in [1.807, 2.05) is 0 Å². The highest BCUT2D eigenvalue weighted by atomic mass is 31.2. The number of aliphatic hydroxyl groups excluding tert-OH is 1. The van der Waals surface area contributed by atoms with E-state index in [1.54, 1.807) is 0 Å². The van der Waals surface area contributed by atoms with Crippen molar-refractivity contribution < 1.29 is 80.2 Å². The van der Waals surface area contributed by atoms with Crippen molar-refractivity contribution in [1.29, 1.82) is 0 Å². The molecule has 498 valence electrons. The zero-order valence-corrected chi connectivity index (χ0v) is 56.1. The fraction of sp³-hybridized carbons (Fsp3) is 0.938. The monoisotopic (exact) mass is 1240 g/mol. The minimum Gasteiger partial charge on any atom is -0.462 e. The van der Waals surface area contributed by atoms with Gasteiger partial charge in [-0.2, -0.15) is 0 Å². The number of phosphoric acid groups is 2. The molecule has 7 atom stereocenters. The van der Waals surface area contributed by atoms with Gasteiger partial charge in [0.2, 0.25) is 0 Å². The summed E-state index contributed by atoms with van der Waals surface area (Å²) in [5, 5.41) is 10.5. The Bertz CT molecular complexity index is 1670. The SMILES string of the molecule is CCCCCCCCCCCCCC(=O)O[C@H](COC(=O)CCCCCCCCC(C)CC)COP(=O)(O)OC[C@H](O)COP(=O)(O)OC[C@@H](COC(=O)CCCCCCCCCCC(C)C)OC(=O)CCCCCCCCCCC(C)CC. The quantitative estimate of drug-likeness (QED) is 0.0222. The third-order valence-corrected chi connectivity index (χ3v) is 17.5.